The van der Waals surface area contributed by atoms with Gasteiger partial charge in [-0.1, -0.05) is 58.3 Å². The molecule has 2 fully saturated rings. The van der Waals surface area contributed by atoms with Gasteiger partial charge in [-0.2, -0.15) is 0 Å². The van der Waals surface area contributed by atoms with E-state index < -0.39 is 0 Å². The summed E-state index contributed by atoms with van der Waals surface area (Å²) < 4.78 is 0. The number of hydrazine groups is 1. The molecule has 2 aliphatic rings. The number of unbranched alkanes of at least 4 members (excludes halogenated alkanes) is 6. The quantitative estimate of drug-likeness (QED) is 0.349. The Bertz CT molecular complexity index is 241. The van der Waals surface area contributed by atoms with Crippen molar-refractivity contribution in [2.45, 2.75) is 90.0 Å². The van der Waals surface area contributed by atoms with Crippen LogP contribution in [0.1, 0.15) is 84.0 Å². The molecule has 0 saturated heterocycles. The molecule has 2 heteroatoms. The maximum Gasteiger partial charge on any atom is 0.0241 e. The minimum absolute atomic E-state index is 0.603. The molecule has 3 N–H and O–H groups in total. The van der Waals surface area contributed by atoms with E-state index in [0.717, 1.165) is 17.8 Å². The first-order valence-electron chi connectivity index (χ1n) is 8.81. The molecule has 0 aromatic carbocycles. The Morgan fingerprint density at radius 2 is 1.74 bits per heavy atom. The summed E-state index contributed by atoms with van der Waals surface area (Å²) >= 11 is 0. The van der Waals surface area contributed by atoms with E-state index in [1.54, 1.807) is 0 Å². The first-order chi connectivity index (χ1) is 9.35. The molecular formula is C17H34N2. The van der Waals surface area contributed by atoms with Gasteiger partial charge in [0.2, 0.25) is 0 Å². The van der Waals surface area contributed by atoms with Crippen molar-refractivity contribution in [1.29, 1.82) is 0 Å². The Balaban J connectivity index is 1.56. The van der Waals surface area contributed by atoms with E-state index in [-0.39, 0.29) is 0 Å². The summed E-state index contributed by atoms with van der Waals surface area (Å²) in [6.07, 6.45) is 17.1. The van der Waals surface area contributed by atoms with Gasteiger partial charge in [-0.05, 0) is 43.4 Å². The summed E-state index contributed by atoms with van der Waals surface area (Å²) in [6, 6.07) is 0.603. The number of rotatable bonds is 10. The van der Waals surface area contributed by atoms with Gasteiger partial charge in [0.1, 0.15) is 0 Å². The van der Waals surface area contributed by atoms with Crippen molar-refractivity contribution in [2.24, 2.45) is 23.6 Å². The zero-order valence-corrected chi connectivity index (χ0v) is 12.9. The first-order valence-corrected chi connectivity index (χ1v) is 8.81. The van der Waals surface area contributed by atoms with Gasteiger partial charge >= 0.3 is 0 Å². The molecule has 2 rings (SSSR count). The van der Waals surface area contributed by atoms with Gasteiger partial charge < -0.3 is 0 Å². The summed E-state index contributed by atoms with van der Waals surface area (Å²) in [5, 5.41) is 0. The Morgan fingerprint density at radius 1 is 1.00 bits per heavy atom. The van der Waals surface area contributed by atoms with Crippen LogP contribution in [0.15, 0.2) is 0 Å². The number of hydrogen-bond acceptors (Lipinski definition) is 2. The third kappa shape index (κ3) is 4.46. The maximum atomic E-state index is 5.81. The number of nitrogens with two attached hydrogens (primary N) is 1. The van der Waals surface area contributed by atoms with Crippen LogP contribution in [-0.2, 0) is 0 Å². The maximum absolute atomic E-state index is 5.81. The zero-order chi connectivity index (χ0) is 13.5. The molecule has 0 amide bonds. The van der Waals surface area contributed by atoms with Crippen LogP contribution in [-0.4, -0.2) is 6.04 Å². The van der Waals surface area contributed by atoms with Gasteiger partial charge in [0.15, 0.2) is 0 Å². The van der Waals surface area contributed by atoms with Crippen LogP contribution in [0.4, 0.5) is 0 Å². The highest BCUT2D eigenvalue weighted by molar-refractivity contribution is 4.94. The molecule has 2 aliphatic carbocycles. The average molecular weight is 266 g/mol. The molecular weight excluding hydrogens is 232 g/mol. The summed E-state index contributed by atoms with van der Waals surface area (Å²) in [6.45, 7) is 2.28. The van der Waals surface area contributed by atoms with Crippen LogP contribution < -0.4 is 11.3 Å². The lowest BCUT2D eigenvalue weighted by atomic mass is 9.81. The van der Waals surface area contributed by atoms with Crippen molar-refractivity contribution in [3.05, 3.63) is 0 Å². The highest BCUT2D eigenvalue weighted by atomic mass is 15.2. The predicted molar refractivity (Wildman–Crippen MR) is 82.7 cm³/mol. The largest absolute Gasteiger partial charge is 0.271 e. The second-order valence-corrected chi connectivity index (χ2v) is 7.02. The summed E-state index contributed by atoms with van der Waals surface area (Å²) in [4.78, 5) is 0. The number of fused-ring (bicyclic) bond motifs is 2. The standard InChI is InChI=1S/C17H34N2/c1-2-3-4-5-6-7-8-9-17(19-18)16-13-14-10-11-15(16)12-14/h14-17,19H,2-13,18H2,1H3. The van der Waals surface area contributed by atoms with E-state index in [1.165, 1.54) is 77.0 Å². The average Bonchev–Trinajstić information content (AvgIpc) is 3.04. The lowest BCUT2D eigenvalue weighted by Gasteiger charge is -2.30. The number of hydrogen-bond donors (Lipinski definition) is 2. The van der Waals surface area contributed by atoms with Crippen LogP contribution in [0.2, 0.25) is 0 Å². The Morgan fingerprint density at radius 3 is 2.32 bits per heavy atom. The van der Waals surface area contributed by atoms with E-state index >= 15 is 0 Å². The molecule has 0 aromatic rings. The van der Waals surface area contributed by atoms with Crippen LogP contribution >= 0.6 is 0 Å². The highest BCUT2D eigenvalue weighted by Crippen LogP contribution is 2.50. The smallest absolute Gasteiger partial charge is 0.0241 e. The normalized spacial score (nSPS) is 30.9. The van der Waals surface area contributed by atoms with Gasteiger partial charge in [0.25, 0.3) is 0 Å². The molecule has 0 aromatic heterocycles. The van der Waals surface area contributed by atoms with Crippen LogP contribution in [0.25, 0.3) is 0 Å². The minimum atomic E-state index is 0.603. The van der Waals surface area contributed by atoms with E-state index in [4.69, 9.17) is 5.84 Å². The number of nitrogens with one attached hydrogen (secondary N) is 1. The monoisotopic (exact) mass is 266 g/mol. The molecule has 2 bridgehead atoms. The summed E-state index contributed by atoms with van der Waals surface area (Å²) in [5.41, 5.74) is 3.14. The SMILES string of the molecule is CCCCCCCCCC(NN)C1CC2CCC1C2. The molecule has 4 unspecified atom stereocenters. The molecule has 0 heterocycles. The third-order valence-corrected chi connectivity index (χ3v) is 5.64. The van der Waals surface area contributed by atoms with Crippen molar-refractivity contribution in [3.8, 4) is 0 Å². The van der Waals surface area contributed by atoms with E-state index in [1.807, 2.05) is 0 Å². The zero-order valence-electron chi connectivity index (χ0n) is 12.9. The Hall–Kier alpha value is -0.0800. The van der Waals surface area contributed by atoms with Crippen molar-refractivity contribution >= 4 is 0 Å². The second kappa shape index (κ2) is 8.26. The van der Waals surface area contributed by atoms with E-state index in [0.29, 0.717) is 6.04 Å². The molecule has 2 saturated carbocycles. The van der Waals surface area contributed by atoms with E-state index in [2.05, 4.69) is 12.3 Å². The molecule has 19 heavy (non-hydrogen) atoms. The molecule has 2 nitrogen and oxygen atoms in total. The van der Waals surface area contributed by atoms with Crippen LogP contribution in [0, 0.1) is 17.8 Å². The molecule has 4 atom stereocenters. The highest BCUT2D eigenvalue weighted by Gasteiger charge is 2.42. The summed E-state index contributed by atoms with van der Waals surface area (Å²) in [5.74, 6) is 8.74. The second-order valence-electron chi connectivity index (χ2n) is 7.02. The van der Waals surface area contributed by atoms with Gasteiger partial charge in [-0.25, -0.2) is 0 Å². The Kier molecular flexibility index (Phi) is 6.66. The van der Waals surface area contributed by atoms with Gasteiger partial charge in [-0.15, -0.1) is 0 Å². The van der Waals surface area contributed by atoms with Crippen LogP contribution in [0.5, 0.6) is 0 Å². The first kappa shape index (κ1) is 15.3. The lowest BCUT2D eigenvalue weighted by Crippen LogP contribution is -2.42. The predicted octanol–water partition coefficient (Wildman–Crippen LogP) is 4.40. The van der Waals surface area contributed by atoms with Gasteiger partial charge in [-0.3, -0.25) is 11.3 Å². The lowest BCUT2D eigenvalue weighted by molar-refractivity contribution is 0.235. The van der Waals surface area contributed by atoms with Gasteiger partial charge in [0.05, 0.1) is 0 Å². The topological polar surface area (TPSA) is 38.0 Å². The van der Waals surface area contributed by atoms with Crippen molar-refractivity contribution in [2.75, 3.05) is 0 Å². The van der Waals surface area contributed by atoms with E-state index in [9.17, 15) is 0 Å². The minimum Gasteiger partial charge on any atom is -0.271 e. The molecule has 112 valence electrons. The van der Waals surface area contributed by atoms with Crippen molar-refractivity contribution in [1.82, 2.24) is 5.43 Å². The molecule has 0 spiro atoms. The van der Waals surface area contributed by atoms with Crippen molar-refractivity contribution < 1.29 is 0 Å². The van der Waals surface area contributed by atoms with Crippen LogP contribution in [0.3, 0.4) is 0 Å². The molecule has 0 aliphatic heterocycles. The molecule has 0 radical (unpaired) electrons. The fourth-order valence-electron chi connectivity index (χ4n) is 4.53. The Labute approximate surface area is 119 Å². The van der Waals surface area contributed by atoms with Gasteiger partial charge in [0, 0.05) is 6.04 Å². The summed E-state index contributed by atoms with van der Waals surface area (Å²) in [7, 11) is 0. The third-order valence-electron chi connectivity index (χ3n) is 5.64. The fraction of sp³-hybridized carbons (Fsp3) is 1.00. The fourth-order valence-corrected chi connectivity index (χ4v) is 4.53. The van der Waals surface area contributed by atoms with Crippen molar-refractivity contribution in [3.63, 3.8) is 0 Å².